The lowest BCUT2D eigenvalue weighted by Gasteiger charge is -2.48. The van der Waals surface area contributed by atoms with Crippen LogP contribution in [0.25, 0.3) is 0 Å². The number of aryl methyl sites for hydroxylation is 1. The van der Waals surface area contributed by atoms with Crippen molar-refractivity contribution < 1.29 is 9.32 Å². The number of carbonyl (C=O) groups is 1. The fourth-order valence-corrected chi connectivity index (χ4v) is 4.64. The molecule has 1 atom stereocenters. The van der Waals surface area contributed by atoms with Crippen LogP contribution in [0.3, 0.4) is 0 Å². The van der Waals surface area contributed by atoms with E-state index in [1.54, 1.807) is 23.6 Å². The molecule has 8 heteroatoms. The zero-order valence-electron chi connectivity index (χ0n) is 15.8. The summed E-state index contributed by atoms with van der Waals surface area (Å²) in [6, 6.07) is 12.8. The van der Waals surface area contributed by atoms with E-state index in [9.17, 15) is 9.59 Å². The smallest absolute Gasteiger partial charge is 0.260 e. The SMILES string of the molecule is Cc1nocc1C(=O)N1CCN2Cc3cccc(=O)n3CC21c1ccc(Cl)cc1. The summed E-state index contributed by atoms with van der Waals surface area (Å²) in [5.74, 6) is -0.159. The Bertz CT molecular complexity index is 1150. The monoisotopic (exact) mass is 410 g/mol. The minimum absolute atomic E-state index is 0.0732. The molecule has 0 N–H and O–H groups in total. The number of aromatic nitrogens is 2. The predicted octanol–water partition coefficient (Wildman–Crippen LogP) is 2.62. The Labute approximate surface area is 172 Å². The fraction of sp³-hybridized carbons (Fsp3) is 0.286. The third-order valence-electron chi connectivity index (χ3n) is 5.97. The Balaban J connectivity index is 1.70. The van der Waals surface area contributed by atoms with Crippen molar-refractivity contribution in [3.63, 3.8) is 0 Å². The van der Waals surface area contributed by atoms with Gasteiger partial charge in [0, 0.05) is 36.4 Å². The van der Waals surface area contributed by atoms with Crippen LogP contribution in [-0.2, 0) is 18.8 Å². The molecule has 1 saturated heterocycles. The van der Waals surface area contributed by atoms with Gasteiger partial charge in [0.05, 0.1) is 12.2 Å². The lowest BCUT2D eigenvalue weighted by atomic mass is 9.93. The van der Waals surface area contributed by atoms with Crippen molar-refractivity contribution in [2.24, 2.45) is 0 Å². The Morgan fingerprint density at radius 3 is 2.69 bits per heavy atom. The van der Waals surface area contributed by atoms with Crippen molar-refractivity contribution >= 4 is 17.5 Å². The third kappa shape index (κ3) is 2.65. The van der Waals surface area contributed by atoms with Gasteiger partial charge >= 0.3 is 0 Å². The zero-order valence-corrected chi connectivity index (χ0v) is 16.6. The molecule has 0 saturated carbocycles. The summed E-state index contributed by atoms with van der Waals surface area (Å²) in [6.07, 6.45) is 1.39. The third-order valence-corrected chi connectivity index (χ3v) is 6.22. The summed E-state index contributed by atoms with van der Waals surface area (Å²) in [7, 11) is 0. The Morgan fingerprint density at radius 1 is 1.17 bits per heavy atom. The van der Waals surface area contributed by atoms with Crippen molar-refractivity contribution in [2.75, 3.05) is 13.1 Å². The normalized spacial score (nSPS) is 21.1. The molecule has 4 heterocycles. The first-order valence-corrected chi connectivity index (χ1v) is 9.81. The van der Waals surface area contributed by atoms with Crippen LogP contribution in [0.5, 0.6) is 0 Å². The molecule has 1 amide bonds. The van der Waals surface area contributed by atoms with E-state index in [2.05, 4.69) is 10.1 Å². The van der Waals surface area contributed by atoms with Gasteiger partial charge < -0.3 is 14.0 Å². The van der Waals surface area contributed by atoms with E-state index in [0.717, 1.165) is 11.3 Å². The Hall–Kier alpha value is -2.90. The molecule has 0 bridgehead atoms. The Kier molecular flexibility index (Phi) is 4.11. The number of amides is 1. The molecule has 2 aliphatic rings. The maximum absolute atomic E-state index is 13.5. The van der Waals surface area contributed by atoms with Crippen LogP contribution in [0.4, 0.5) is 0 Å². The van der Waals surface area contributed by atoms with Crippen molar-refractivity contribution in [1.82, 2.24) is 19.5 Å². The van der Waals surface area contributed by atoms with Crippen LogP contribution in [0.1, 0.15) is 27.3 Å². The first-order chi connectivity index (χ1) is 14.0. The van der Waals surface area contributed by atoms with Crippen molar-refractivity contribution in [3.8, 4) is 0 Å². The minimum Gasteiger partial charge on any atom is -0.364 e. The second-order valence-electron chi connectivity index (χ2n) is 7.46. The Morgan fingerprint density at radius 2 is 1.97 bits per heavy atom. The second kappa shape index (κ2) is 6.57. The number of benzene rings is 1. The molecule has 0 aliphatic carbocycles. The molecule has 29 heavy (non-hydrogen) atoms. The maximum Gasteiger partial charge on any atom is 0.260 e. The van der Waals surface area contributed by atoms with Gasteiger partial charge in [0.25, 0.3) is 11.5 Å². The van der Waals surface area contributed by atoms with Crippen molar-refractivity contribution in [2.45, 2.75) is 25.7 Å². The molecule has 1 fully saturated rings. The highest BCUT2D eigenvalue weighted by molar-refractivity contribution is 6.30. The van der Waals surface area contributed by atoms with Gasteiger partial charge in [-0.25, -0.2) is 0 Å². The summed E-state index contributed by atoms with van der Waals surface area (Å²) in [6.45, 7) is 3.90. The van der Waals surface area contributed by atoms with Crippen LogP contribution >= 0.6 is 11.6 Å². The van der Waals surface area contributed by atoms with Gasteiger partial charge in [0.1, 0.15) is 17.5 Å². The standard InChI is InChI=1S/C21H19ClN4O3/c1-14-18(12-29-23-14)20(28)26-10-9-24-11-17-3-2-4-19(27)25(17)13-21(24,26)15-5-7-16(22)8-6-15/h2-8,12H,9-11,13H2,1H3. The van der Waals surface area contributed by atoms with E-state index in [-0.39, 0.29) is 11.5 Å². The van der Waals surface area contributed by atoms with E-state index < -0.39 is 5.66 Å². The van der Waals surface area contributed by atoms with E-state index in [1.807, 2.05) is 35.2 Å². The summed E-state index contributed by atoms with van der Waals surface area (Å²) in [4.78, 5) is 30.2. The van der Waals surface area contributed by atoms with Crippen molar-refractivity contribution in [3.05, 3.63) is 86.6 Å². The molecule has 148 valence electrons. The van der Waals surface area contributed by atoms with Gasteiger partial charge in [-0.05, 0) is 30.7 Å². The molecule has 2 aliphatic heterocycles. The largest absolute Gasteiger partial charge is 0.364 e. The number of pyridine rings is 1. The van der Waals surface area contributed by atoms with Gasteiger partial charge in [-0.3, -0.25) is 14.5 Å². The molecule has 2 aromatic heterocycles. The van der Waals surface area contributed by atoms with Crippen LogP contribution in [-0.4, -0.2) is 38.5 Å². The molecular weight excluding hydrogens is 392 g/mol. The van der Waals surface area contributed by atoms with Crippen LogP contribution < -0.4 is 5.56 Å². The first-order valence-electron chi connectivity index (χ1n) is 9.43. The second-order valence-corrected chi connectivity index (χ2v) is 7.89. The molecule has 1 aromatic carbocycles. The number of carbonyl (C=O) groups excluding carboxylic acids is 1. The number of rotatable bonds is 2. The van der Waals surface area contributed by atoms with Gasteiger partial charge in [-0.2, -0.15) is 0 Å². The molecule has 0 spiro atoms. The molecule has 3 aromatic rings. The molecule has 1 unspecified atom stereocenters. The molecule has 0 radical (unpaired) electrons. The topological polar surface area (TPSA) is 71.6 Å². The highest BCUT2D eigenvalue weighted by atomic mass is 35.5. The molecular formula is C21H19ClN4O3. The quantitative estimate of drug-likeness (QED) is 0.649. The number of hydrogen-bond donors (Lipinski definition) is 0. The number of hydrogen-bond acceptors (Lipinski definition) is 5. The average molecular weight is 411 g/mol. The summed E-state index contributed by atoms with van der Waals surface area (Å²) in [5.41, 5.74) is 1.99. The first kappa shape index (κ1) is 18.1. The van der Waals surface area contributed by atoms with E-state index in [4.69, 9.17) is 16.1 Å². The van der Waals surface area contributed by atoms with E-state index in [1.165, 1.54) is 6.26 Å². The lowest BCUT2D eigenvalue weighted by molar-refractivity contribution is -0.0211. The van der Waals surface area contributed by atoms with E-state index in [0.29, 0.717) is 42.5 Å². The number of nitrogens with zero attached hydrogens (tertiary/aromatic N) is 4. The average Bonchev–Trinajstić information content (AvgIpc) is 3.31. The van der Waals surface area contributed by atoms with Gasteiger partial charge in [0.2, 0.25) is 0 Å². The minimum atomic E-state index is -0.788. The summed E-state index contributed by atoms with van der Waals surface area (Å²) >= 11 is 6.13. The van der Waals surface area contributed by atoms with E-state index >= 15 is 0 Å². The number of fused-ring (bicyclic) bond motifs is 2. The zero-order chi connectivity index (χ0) is 20.2. The van der Waals surface area contributed by atoms with Crippen LogP contribution in [0, 0.1) is 6.92 Å². The highest BCUT2D eigenvalue weighted by Gasteiger charge is 2.53. The van der Waals surface area contributed by atoms with Gasteiger partial charge in [0.15, 0.2) is 0 Å². The lowest BCUT2D eigenvalue weighted by Crippen LogP contribution is -2.59. The molecule has 7 nitrogen and oxygen atoms in total. The maximum atomic E-state index is 13.5. The highest BCUT2D eigenvalue weighted by Crippen LogP contribution is 2.43. The summed E-state index contributed by atoms with van der Waals surface area (Å²) in [5, 5.41) is 4.48. The van der Waals surface area contributed by atoms with Crippen LogP contribution in [0.15, 0.2) is 58.0 Å². The van der Waals surface area contributed by atoms with Gasteiger partial charge in [-0.1, -0.05) is 35.0 Å². The van der Waals surface area contributed by atoms with Crippen LogP contribution in [0.2, 0.25) is 5.02 Å². The fourth-order valence-electron chi connectivity index (χ4n) is 4.51. The van der Waals surface area contributed by atoms with Crippen molar-refractivity contribution in [1.29, 1.82) is 0 Å². The predicted molar refractivity (Wildman–Crippen MR) is 107 cm³/mol. The molecule has 5 rings (SSSR count). The number of halogens is 1. The van der Waals surface area contributed by atoms with Gasteiger partial charge in [-0.15, -0.1) is 0 Å². The summed E-state index contributed by atoms with van der Waals surface area (Å²) < 4.78 is 6.77.